The number of nitrogens with one attached hydrogen (secondary N) is 1. The molecule has 8 nitrogen and oxygen atoms in total. The Morgan fingerprint density at radius 3 is 2.40 bits per heavy atom. The van der Waals surface area contributed by atoms with Gasteiger partial charge in [0.05, 0.1) is 19.1 Å². The Labute approximate surface area is 209 Å². The van der Waals surface area contributed by atoms with Gasteiger partial charge < -0.3 is 15.0 Å². The summed E-state index contributed by atoms with van der Waals surface area (Å²) in [4.78, 5) is 27.5. The number of sulfonamides is 1. The highest BCUT2D eigenvalue weighted by Gasteiger charge is 2.26. The smallest absolute Gasteiger partial charge is 0.242 e. The van der Waals surface area contributed by atoms with Crippen molar-refractivity contribution in [1.82, 2.24) is 10.2 Å². The van der Waals surface area contributed by atoms with E-state index in [0.29, 0.717) is 30.9 Å². The minimum absolute atomic E-state index is 0.104. The van der Waals surface area contributed by atoms with Gasteiger partial charge in [0, 0.05) is 32.1 Å². The molecule has 2 aromatic rings. The van der Waals surface area contributed by atoms with Crippen LogP contribution in [0.5, 0.6) is 5.75 Å². The number of amides is 2. The predicted octanol–water partition coefficient (Wildman–Crippen LogP) is 3.49. The number of carbonyl (C=O) groups is 2. The molecule has 2 amide bonds. The fourth-order valence-electron chi connectivity index (χ4n) is 3.64. The first-order chi connectivity index (χ1) is 16.6. The molecule has 0 aliphatic carbocycles. The molecule has 2 rings (SSSR count). The molecule has 2 aromatic carbocycles. The van der Waals surface area contributed by atoms with Gasteiger partial charge in [0.1, 0.15) is 11.8 Å². The maximum Gasteiger partial charge on any atom is 0.242 e. The number of methoxy groups -OCH3 is 1. The summed E-state index contributed by atoms with van der Waals surface area (Å²) in [5.41, 5.74) is 2.51. The van der Waals surface area contributed by atoms with E-state index in [4.69, 9.17) is 4.74 Å². The Balaban J connectivity index is 2.15. The summed E-state index contributed by atoms with van der Waals surface area (Å²) in [6, 6.07) is 14.0. The van der Waals surface area contributed by atoms with E-state index in [1.165, 1.54) is 11.4 Å². The maximum absolute atomic E-state index is 13.3. The number of rotatable bonds is 13. The molecule has 0 bridgehead atoms. The van der Waals surface area contributed by atoms with Crippen molar-refractivity contribution in [3.05, 3.63) is 59.7 Å². The second kappa shape index (κ2) is 13.1. The van der Waals surface area contributed by atoms with Crippen LogP contribution in [-0.2, 0) is 26.2 Å². The summed E-state index contributed by atoms with van der Waals surface area (Å²) in [7, 11) is -2.05. The third-order valence-corrected chi connectivity index (χ3v) is 6.88. The highest BCUT2D eigenvalue weighted by atomic mass is 32.2. The number of benzene rings is 2. The first-order valence-electron chi connectivity index (χ1n) is 11.8. The van der Waals surface area contributed by atoms with Gasteiger partial charge >= 0.3 is 0 Å². The van der Waals surface area contributed by atoms with Crippen molar-refractivity contribution in [2.45, 2.75) is 52.6 Å². The van der Waals surface area contributed by atoms with Crippen molar-refractivity contribution in [3.63, 3.8) is 0 Å². The Morgan fingerprint density at radius 1 is 1.11 bits per heavy atom. The molecule has 0 aliphatic rings. The topological polar surface area (TPSA) is 96.0 Å². The van der Waals surface area contributed by atoms with Gasteiger partial charge in [-0.25, -0.2) is 8.42 Å². The lowest BCUT2D eigenvalue weighted by atomic mass is 10.1. The van der Waals surface area contributed by atoms with Gasteiger partial charge in [-0.05, 0) is 44.4 Å². The van der Waals surface area contributed by atoms with Gasteiger partial charge in [0.25, 0.3) is 0 Å². The Hall–Kier alpha value is -3.07. The van der Waals surface area contributed by atoms with Crippen molar-refractivity contribution in [2.75, 3.05) is 30.8 Å². The third-order valence-electron chi connectivity index (χ3n) is 5.68. The average molecular weight is 504 g/mol. The summed E-state index contributed by atoms with van der Waals surface area (Å²) in [6.07, 6.45) is 2.35. The molecule has 0 heterocycles. The van der Waals surface area contributed by atoms with E-state index in [9.17, 15) is 18.0 Å². The van der Waals surface area contributed by atoms with Crippen LogP contribution in [0.15, 0.2) is 48.5 Å². The number of nitrogens with zero attached hydrogens (tertiary/aromatic N) is 2. The zero-order valence-electron chi connectivity index (χ0n) is 21.3. The van der Waals surface area contributed by atoms with Crippen LogP contribution in [0.2, 0.25) is 0 Å². The van der Waals surface area contributed by atoms with E-state index in [2.05, 4.69) is 5.32 Å². The first-order valence-corrected chi connectivity index (χ1v) is 13.7. The molecule has 1 atom stereocenters. The molecule has 1 unspecified atom stereocenters. The number of hydrogen-bond acceptors (Lipinski definition) is 5. The minimum Gasteiger partial charge on any atom is -0.497 e. The van der Waals surface area contributed by atoms with Crippen molar-refractivity contribution >= 4 is 27.5 Å². The zero-order chi connectivity index (χ0) is 26.0. The monoisotopic (exact) mass is 503 g/mol. The quantitative estimate of drug-likeness (QED) is 0.451. The van der Waals surface area contributed by atoms with E-state index in [0.717, 1.165) is 23.8 Å². The van der Waals surface area contributed by atoms with Crippen molar-refractivity contribution < 1.29 is 22.7 Å². The van der Waals surface area contributed by atoms with E-state index >= 15 is 0 Å². The zero-order valence-corrected chi connectivity index (χ0v) is 22.1. The first kappa shape index (κ1) is 28.2. The molecule has 0 spiro atoms. The Bertz CT molecular complexity index is 1090. The van der Waals surface area contributed by atoms with Gasteiger partial charge in [-0.1, -0.05) is 42.8 Å². The molecular weight excluding hydrogens is 466 g/mol. The molecule has 1 N–H and O–H groups in total. The minimum atomic E-state index is -3.57. The molecule has 9 heteroatoms. The van der Waals surface area contributed by atoms with Crippen LogP contribution < -0.4 is 14.4 Å². The third kappa shape index (κ3) is 8.58. The van der Waals surface area contributed by atoms with Crippen molar-refractivity contribution in [3.8, 4) is 5.75 Å². The molecule has 0 saturated heterocycles. The lowest BCUT2D eigenvalue weighted by molar-refractivity contribution is -0.140. The standard InChI is InChI=1S/C26H37N3O5S/c1-6-16-27-26(31)21(3)28(19-22-14-12-20(2)13-15-22)25(30)11-8-17-29(35(5,32)33)23-9-7-10-24(18-23)34-4/h7,9-10,12-15,18,21H,6,8,11,16-17,19H2,1-5H3,(H,27,31). The van der Waals surface area contributed by atoms with Crippen molar-refractivity contribution in [1.29, 1.82) is 0 Å². The van der Waals surface area contributed by atoms with Crippen LogP contribution in [0.25, 0.3) is 0 Å². The van der Waals surface area contributed by atoms with Crippen LogP contribution in [0, 0.1) is 6.92 Å². The second-order valence-corrected chi connectivity index (χ2v) is 10.5. The lowest BCUT2D eigenvalue weighted by Gasteiger charge is -2.29. The fraction of sp³-hybridized carbons (Fsp3) is 0.462. The number of carbonyl (C=O) groups excluding carboxylic acids is 2. The van der Waals surface area contributed by atoms with E-state index in [-0.39, 0.29) is 24.8 Å². The van der Waals surface area contributed by atoms with Crippen LogP contribution >= 0.6 is 0 Å². The fourth-order valence-corrected chi connectivity index (χ4v) is 4.60. The summed E-state index contributed by atoms with van der Waals surface area (Å²) >= 11 is 0. The summed E-state index contributed by atoms with van der Waals surface area (Å²) in [5, 5.41) is 2.86. The summed E-state index contributed by atoms with van der Waals surface area (Å²) in [5.74, 6) is 0.133. The largest absolute Gasteiger partial charge is 0.497 e. The number of ether oxygens (including phenoxy) is 1. The molecule has 0 aliphatic heterocycles. The van der Waals surface area contributed by atoms with Crippen LogP contribution in [0.3, 0.4) is 0 Å². The summed E-state index contributed by atoms with van der Waals surface area (Å²) < 4.78 is 31.4. The predicted molar refractivity (Wildman–Crippen MR) is 139 cm³/mol. The normalized spacial score (nSPS) is 12.0. The van der Waals surface area contributed by atoms with E-state index in [1.54, 1.807) is 36.1 Å². The molecule has 0 radical (unpaired) electrons. The Kier molecular flexibility index (Phi) is 10.6. The van der Waals surface area contributed by atoms with E-state index in [1.807, 2.05) is 38.1 Å². The Morgan fingerprint density at radius 2 is 1.80 bits per heavy atom. The molecule has 0 saturated carbocycles. The number of aryl methyl sites for hydroxylation is 1. The molecule has 0 aromatic heterocycles. The number of hydrogen-bond donors (Lipinski definition) is 1. The van der Waals surface area contributed by atoms with Crippen molar-refractivity contribution in [2.24, 2.45) is 0 Å². The van der Waals surface area contributed by atoms with Gasteiger partial charge in [0.2, 0.25) is 21.8 Å². The number of anilines is 1. The lowest BCUT2D eigenvalue weighted by Crippen LogP contribution is -2.47. The van der Waals surface area contributed by atoms with E-state index < -0.39 is 16.1 Å². The van der Waals surface area contributed by atoms with Crippen LogP contribution in [0.1, 0.15) is 44.2 Å². The van der Waals surface area contributed by atoms with Crippen LogP contribution in [0.4, 0.5) is 5.69 Å². The van der Waals surface area contributed by atoms with Crippen LogP contribution in [-0.4, -0.2) is 57.6 Å². The average Bonchev–Trinajstić information content (AvgIpc) is 2.83. The molecule has 0 fully saturated rings. The molecule has 35 heavy (non-hydrogen) atoms. The SMILES string of the molecule is CCCNC(=O)C(C)N(Cc1ccc(C)cc1)C(=O)CCCN(c1cccc(OC)c1)S(C)(=O)=O. The molecule has 192 valence electrons. The van der Waals surface area contributed by atoms with Gasteiger partial charge in [-0.3, -0.25) is 13.9 Å². The molecular formula is C26H37N3O5S. The van der Waals surface area contributed by atoms with Gasteiger partial charge in [0.15, 0.2) is 0 Å². The highest BCUT2D eigenvalue weighted by molar-refractivity contribution is 7.92. The highest BCUT2D eigenvalue weighted by Crippen LogP contribution is 2.24. The van der Waals surface area contributed by atoms with Gasteiger partial charge in [-0.15, -0.1) is 0 Å². The maximum atomic E-state index is 13.3. The van der Waals surface area contributed by atoms with Gasteiger partial charge in [-0.2, -0.15) is 0 Å². The summed E-state index contributed by atoms with van der Waals surface area (Å²) in [6.45, 7) is 6.65. The second-order valence-electron chi connectivity index (χ2n) is 8.61.